The van der Waals surface area contributed by atoms with Gasteiger partial charge >= 0.3 is 0 Å². The van der Waals surface area contributed by atoms with E-state index in [4.69, 9.17) is 4.74 Å². The van der Waals surface area contributed by atoms with Crippen molar-refractivity contribution >= 4 is 16.8 Å². The predicted octanol–water partition coefficient (Wildman–Crippen LogP) is 4.74. The highest BCUT2D eigenvalue weighted by Gasteiger charge is 2.23. The summed E-state index contributed by atoms with van der Waals surface area (Å²) in [5, 5.41) is 3.97. The summed E-state index contributed by atoms with van der Waals surface area (Å²) < 4.78 is 19.5. The Labute approximate surface area is 163 Å². The summed E-state index contributed by atoms with van der Waals surface area (Å²) in [5.41, 5.74) is 1.30. The summed E-state index contributed by atoms with van der Waals surface area (Å²) in [4.78, 5) is 16.5. The van der Waals surface area contributed by atoms with Crippen molar-refractivity contribution in [1.29, 1.82) is 0 Å². The van der Waals surface area contributed by atoms with Gasteiger partial charge in [-0.1, -0.05) is 18.2 Å². The summed E-state index contributed by atoms with van der Waals surface area (Å²) in [5.74, 6) is 0.690. The van der Waals surface area contributed by atoms with Crippen molar-refractivity contribution < 1.29 is 13.9 Å². The number of hydrogen-bond donors (Lipinski definition) is 1. The second kappa shape index (κ2) is 8.38. The maximum atomic E-state index is 13.2. The molecule has 1 aliphatic rings. The number of pyridine rings is 1. The van der Waals surface area contributed by atoms with Gasteiger partial charge in [0.1, 0.15) is 11.6 Å². The lowest BCUT2D eigenvalue weighted by Gasteiger charge is -2.29. The van der Waals surface area contributed by atoms with Gasteiger partial charge in [-0.3, -0.25) is 9.78 Å². The average Bonchev–Trinajstić information content (AvgIpc) is 2.73. The number of benzene rings is 2. The van der Waals surface area contributed by atoms with Gasteiger partial charge < -0.3 is 10.1 Å². The Morgan fingerprint density at radius 3 is 2.71 bits per heavy atom. The third kappa shape index (κ3) is 4.30. The van der Waals surface area contributed by atoms with Gasteiger partial charge in [0.15, 0.2) is 0 Å². The summed E-state index contributed by atoms with van der Waals surface area (Å²) in [7, 11) is 0. The monoisotopic (exact) mass is 378 g/mol. The zero-order chi connectivity index (χ0) is 19.3. The van der Waals surface area contributed by atoms with Crippen LogP contribution < -0.4 is 10.1 Å². The number of para-hydroxylation sites is 1. The number of carbonyl (C=O) groups excluding carboxylic acids is 1. The maximum absolute atomic E-state index is 13.2. The van der Waals surface area contributed by atoms with Crippen LogP contribution in [-0.4, -0.2) is 23.5 Å². The number of rotatable bonds is 5. The highest BCUT2D eigenvalue weighted by Crippen LogP contribution is 2.30. The van der Waals surface area contributed by atoms with Gasteiger partial charge in [-0.15, -0.1) is 0 Å². The molecule has 1 aliphatic carbocycles. The normalized spacial score (nSPS) is 19.3. The van der Waals surface area contributed by atoms with Crippen molar-refractivity contribution in [2.75, 3.05) is 6.54 Å². The fourth-order valence-corrected chi connectivity index (χ4v) is 3.77. The van der Waals surface area contributed by atoms with Crippen molar-refractivity contribution in [3.63, 3.8) is 0 Å². The molecule has 0 atom stereocenters. The molecule has 1 N–H and O–H groups in total. The third-order valence-corrected chi connectivity index (χ3v) is 5.33. The third-order valence-electron chi connectivity index (χ3n) is 5.33. The molecule has 4 rings (SSSR count). The van der Waals surface area contributed by atoms with Crippen LogP contribution in [-0.2, 0) is 0 Å². The number of halogens is 1. The minimum Gasteiger partial charge on any atom is -0.490 e. The summed E-state index contributed by atoms with van der Waals surface area (Å²) in [6, 6.07) is 15.7. The summed E-state index contributed by atoms with van der Waals surface area (Å²) in [6.07, 6.45) is 5.87. The standard InChI is InChI=1S/C23H23FN2O2/c24-18-5-3-4-17(14-18)23(27)26-15-16-8-10-19(11-9-16)28-22-12-13-25-21-7-2-1-6-20(21)22/h1-7,12-14,16,19H,8-11,15H2,(H,26,27). The predicted molar refractivity (Wildman–Crippen MR) is 107 cm³/mol. The number of carbonyl (C=O) groups is 1. The largest absolute Gasteiger partial charge is 0.490 e. The van der Waals surface area contributed by atoms with Gasteiger partial charge in [0.05, 0.1) is 11.6 Å². The van der Waals surface area contributed by atoms with Gasteiger partial charge in [-0.05, 0) is 68.0 Å². The van der Waals surface area contributed by atoms with Crippen LogP contribution in [0.5, 0.6) is 5.75 Å². The van der Waals surface area contributed by atoms with E-state index in [2.05, 4.69) is 10.3 Å². The summed E-state index contributed by atoms with van der Waals surface area (Å²) >= 11 is 0. The Morgan fingerprint density at radius 2 is 1.89 bits per heavy atom. The lowest BCUT2D eigenvalue weighted by molar-refractivity contribution is 0.0929. The first-order valence-electron chi connectivity index (χ1n) is 9.73. The van der Waals surface area contributed by atoms with Crippen molar-refractivity contribution in [3.05, 3.63) is 72.2 Å². The molecule has 0 spiro atoms. The Bertz CT molecular complexity index is 962. The van der Waals surface area contributed by atoms with Crippen LogP contribution in [0.1, 0.15) is 36.0 Å². The molecule has 2 aromatic carbocycles. The highest BCUT2D eigenvalue weighted by molar-refractivity contribution is 5.94. The molecule has 0 bridgehead atoms. The Kier molecular flexibility index (Phi) is 5.51. The number of aromatic nitrogens is 1. The highest BCUT2D eigenvalue weighted by atomic mass is 19.1. The van der Waals surface area contributed by atoms with Crippen LogP contribution >= 0.6 is 0 Å². The van der Waals surface area contributed by atoms with E-state index in [1.54, 1.807) is 18.3 Å². The van der Waals surface area contributed by atoms with E-state index in [-0.39, 0.29) is 12.0 Å². The van der Waals surface area contributed by atoms with Crippen molar-refractivity contribution in [3.8, 4) is 5.75 Å². The van der Waals surface area contributed by atoms with Gasteiger partial charge in [0, 0.05) is 23.7 Å². The average molecular weight is 378 g/mol. The molecule has 5 heteroatoms. The van der Waals surface area contributed by atoms with E-state index in [0.717, 1.165) is 42.3 Å². The Balaban J connectivity index is 1.28. The first-order chi connectivity index (χ1) is 13.7. The lowest BCUT2D eigenvalue weighted by Crippen LogP contribution is -2.33. The molecule has 0 unspecified atom stereocenters. The zero-order valence-electron chi connectivity index (χ0n) is 15.6. The van der Waals surface area contributed by atoms with Crippen LogP contribution in [0.2, 0.25) is 0 Å². The molecule has 28 heavy (non-hydrogen) atoms. The minimum atomic E-state index is -0.394. The first-order valence-corrected chi connectivity index (χ1v) is 9.73. The Morgan fingerprint density at radius 1 is 1.07 bits per heavy atom. The van der Waals surface area contributed by atoms with Gasteiger partial charge in [0.2, 0.25) is 0 Å². The van der Waals surface area contributed by atoms with Gasteiger partial charge in [-0.25, -0.2) is 4.39 Å². The fraction of sp³-hybridized carbons (Fsp3) is 0.304. The molecule has 0 saturated heterocycles. The number of nitrogens with zero attached hydrogens (tertiary/aromatic N) is 1. The van der Waals surface area contributed by atoms with Crippen LogP contribution in [0.15, 0.2) is 60.8 Å². The second-order valence-corrected chi connectivity index (χ2v) is 7.31. The molecule has 3 aromatic rings. The molecule has 4 nitrogen and oxygen atoms in total. The van der Waals surface area contributed by atoms with E-state index >= 15 is 0 Å². The maximum Gasteiger partial charge on any atom is 0.251 e. The van der Waals surface area contributed by atoms with Crippen LogP contribution in [0.4, 0.5) is 4.39 Å². The van der Waals surface area contributed by atoms with Crippen LogP contribution in [0.25, 0.3) is 10.9 Å². The number of fused-ring (bicyclic) bond motifs is 1. The first kappa shape index (κ1) is 18.4. The molecule has 144 valence electrons. The second-order valence-electron chi connectivity index (χ2n) is 7.31. The number of ether oxygens (including phenoxy) is 1. The van der Waals surface area contributed by atoms with E-state index in [9.17, 15) is 9.18 Å². The lowest BCUT2D eigenvalue weighted by atomic mass is 9.87. The summed E-state index contributed by atoms with van der Waals surface area (Å²) in [6.45, 7) is 0.611. The van der Waals surface area contributed by atoms with Crippen LogP contribution in [0.3, 0.4) is 0 Å². The molecule has 1 fully saturated rings. The molecule has 0 aliphatic heterocycles. The van der Waals surface area contributed by atoms with Crippen molar-refractivity contribution in [2.24, 2.45) is 5.92 Å². The van der Waals surface area contributed by atoms with E-state index < -0.39 is 5.82 Å². The smallest absolute Gasteiger partial charge is 0.251 e. The molecule has 1 heterocycles. The molecular weight excluding hydrogens is 355 g/mol. The van der Waals surface area contributed by atoms with E-state index in [1.807, 2.05) is 30.3 Å². The van der Waals surface area contributed by atoms with Gasteiger partial charge in [-0.2, -0.15) is 0 Å². The molecule has 0 radical (unpaired) electrons. The van der Waals surface area contributed by atoms with Gasteiger partial charge in [0.25, 0.3) is 5.91 Å². The number of nitrogens with one attached hydrogen (secondary N) is 1. The molecule has 1 aromatic heterocycles. The van der Waals surface area contributed by atoms with Crippen molar-refractivity contribution in [1.82, 2.24) is 10.3 Å². The zero-order valence-corrected chi connectivity index (χ0v) is 15.6. The van der Waals surface area contributed by atoms with Crippen LogP contribution in [0, 0.1) is 11.7 Å². The number of amides is 1. The van der Waals surface area contributed by atoms with E-state index in [1.165, 1.54) is 12.1 Å². The van der Waals surface area contributed by atoms with Crippen molar-refractivity contribution in [2.45, 2.75) is 31.8 Å². The quantitative estimate of drug-likeness (QED) is 0.698. The minimum absolute atomic E-state index is 0.181. The van der Waals surface area contributed by atoms with E-state index in [0.29, 0.717) is 18.0 Å². The molecule has 1 saturated carbocycles. The number of hydrogen-bond acceptors (Lipinski definition) is 3. The topological polar surface area (TPSA) is 51.2 Å². The molecule has 1 amide bonds. The fourth-order valence-electron chi connectivity index (χ4n) is 3.77. The molecular formula is C23H23FN2O2. The SMILES string of the molecule is O=C(NCC1CCC(Oc2ccnc3ccccc23)CC1)c1cccc(F)c1. The Hall–Kier alpha value is -2.95.